The second kappa shape index (κ2) is 4.50. The molecule has 0 radical (unpaired) electrons. The maximum Gasteiger partial charge on any atom is 0.0175 e. The second-order valence-corrected chi connectivity index (χ2v) is 6.22. The molecule has 2 aliphatic rings. The Balaban J connectivity index is 1.64. The molecular weight excluding hydrogens is 262 g/mol. The zero-order valence-corrected chi connectivity index (χ0v) is 11.0. The van der Waals surface area contributed by atoms with Gasteiger partial charge in [-0.25, -0.2) is 0 Å². The normalized spacial score (nSPS) is 32.9. The number of benzene rings is 1. The summed E-state index contributed by atoms with van der Waals surface area (Å²) < 4.78 is 1.18. The summed E-state index contributed by atoms with van der Waals surface area (Å²) in [4.78, 5) is 0. The number of hydrogen-bond donors (Lipinski definition) is 1. The van der Waals surface area contributed by atoms with Gasteiger partial charge >= 0.3 is 0 Å². The first-order chi connectivity index (χ1) is 7.79. The first-order valence-corrected chi connectivity index (χ1v) is 7.09. The molecule has 2 fully saturated rings. The van der Waals surface area contributed by atoms with E-state index in [9.17, 15) is 0 Å². The highest BCUT2D eigenvalue weighted by molar-refractivity contribution is 9.10. The minimum atomic E-state index is 0.819. The van der Waals surface area contributed by atoms with Gasteiger partial charge in [0.25, 0.3) is 0 Å². The van der Waals surface area contributed by atoms with Crippen molar-refractivity contribution >= 4 is 15.9 Å². The lowest BCUT2D eigenvalue weighted by atomic mass is 9.87. The molecule has 16 heavy (non-hydrogen) atoms. The summed E-state index contributed by atoms with van der Waals surface area (Å²) in [6.07, 6.45) is 6.84. The Bertz CT molecular complexity index is 348. The van der Waals surface area contributed by atoms with E-state index >= 15 is 0 Å². The van der Waals surface area contributed by atoms with Crippen LogP contribution in [0.25, 0.3) is 0 Å². The van der Waals surface area contributed by atoms with Crippen molar-refractivity contribution in [1.29, 1.82) is 0 Å². The van der Waals surface area contributed by atoms with Gasteiger partial charge in [0.2, 0.25) is 0 Å². The molecule has 2 unspecified atom stereocenters. The Morgan fingerprint density at radius 3 is 2.31 bits per heavy atom. The Kier molecular flexibility index (Phi) is 3.03. The third-order valence-corrected chi connectivity index (χ3v) is 4.54. The van der Waals surface area contributed by atoms with E-state index in [4.69, 9.17) is 0 Å². The van der Waals surface area contributed by atoms with Crippen LogP contribution in [-0.2, 0) is 6.42 Å². The molecule has 2 heteroatoms. The molecule has 0 aromatic heterocycles. The molecule has 2 saturated heterocycles. The van der Waals surface area contributed by atoms with Gasteiger partial charge in [0, 0.05) is 16.6 Å². The SMILES string of the molecule is Brc1ccc(CC2CC3CCC(C2)N3)cc1. The molecule has 2 atom stereocenters. The number of piperidine rings is 1. The summed E-state index contributed by atoms with van der Waals surface area (Å²) in [5.41, 5.74) is 1.49. The van der Waals surface area contributed by atoms with Gasteiger partial charge in [0.1, 0.15) is 0 Å². The van der Waals surface area contributed by atoms with Crippen molar-refractivity contribution in [3.63, 3.8) is 0 Å². The third kappa shape index (κ3) is 2.33. The summed E-state index contributed by atoms with van der Waals surface area (Å²) in [6.45, 7) is 0. The van der Waals surface area contributed by atoms with Crippen molar-refractivity contribution < 1.29 is 0 Å². The van der Waals surface area contributed by atoms with Crippen LogP contribution in [0.3, 0.4) is 0 Å². The van der Waals surface area contributed by atoms with E-state index in [1.165, 1.54) is 42.1 Å². The molecule has 1 nitrogen and oxygen atoms in total. The molecule has 0 amide bonds. The lowest BCUT2D eigenvalue weighted by Gasteiger charge is -2.29. The minimum Gasteiger partial charge on any atom is -0.311 e. The van der Waals surface area contributed by atoms with Gasteiger partial charge in [-0.2, -0.15) is 0 Å². The summed E-state index contributed by atoms with van der Waals surface area (Å²) in [5.74, 6) is 0.903. The van der Waals surface area contributed by atoms with Crippen molar-refractivity contribution in [2.24, 2.45) is 5.92 Å². The lowest BCUT2D eigenvalue weighted by Crippen LogP contribution is -2.38. The van der Waals surface area contributed by atoms with Crippen LogP contribution in [0.15, 0.2) is 28.7 Å². The predicted molar refractivity (Wildman–Crippen MR) is 70.5 cm³/mol. The van der Waals surface area contributed by atoms with E-state index in [1.807, 2.05) is 0 Å². The van der Waals surface area contributed by atoms with Crippen LogP contribution in [0.1, 0.15) is 31.2 Å². The molecule has 2 aliphatic heterocycles. The second-order valence-electron chi connectivity index (χ2n) is 5.31. The molecule has 0 aliphatic carbocycles. The van der Waals surface area contributed by atoms with Gasteiger partial charge in [-0.15, -0.1) is 0 Å². The topological polar surface area (TPSA) is 12.0 Å². The highest BCUT2D eigenvalue weighted by Crippen LogP contribution is 2.32. The molecule has 2 heterocycles. The Morgan fingerprint density at radius 1 is 1.06 bits per heavy atom. The van der Waals surface area contributed by atoms with Crippen LogP contribution in [0.2, 0.25) is 0 Å². The van der Waals surface area contributed by atoms with E-state index in [-0.39, 0.29) is 0 Å². The standard InChI is InChI=1S/C14H18BrN/c15-12-3-1-10(2-4-12)7-11-8-13-5-6-14(9-11)16-13/h1-4,11,13-14,16H,5-9H2. The lowest BCUT2D eigenvalue weighted by molar-refractivity contribution is 0.298. The highest BCUT2D eigenvalue weighted by Gasteiger charge is 2.33. The van der Waals surface area contributed by atoms with E-state index in [0.717, 1.165) is 18.0 Å². The van der Waals surface area contributed by atoms with Crippen molar-refractivity contribution in [3.8, 4) is 0 Å². The average molecular weight is 280 g/mol. The molecule has 2 bridgehead atoms. The highest BCUT2D eigenvalue weighted by atomic mass is 79.9. The van der Waals surface area contributed by atoms with Crippen LogP contribution >= 0.6 is 15.9 Å². The Hall–Kier alpha value is -0.340. The van der Waals surface area contributed by atoms with Crippen LogP contribution < -0.4 is 5.32 Å². The third-order valence-electron chi connectivity index (χ3n) is 4.01. The summed E-state index contributed by atoms with van der Waals surface area (Å²) in [7, 11) is 0. The van der Waals surface area contributed by atoms with Crippen LogP contribution in [0, 0.1) is 5.92 Å². The van der Waals surface area contributed by atoms with Gasteiger partial charge in [0.05, 0.1) is 0 Å². The first kappa shape index (κ1) is 10.8. The maximum absolute atomic E-state index is 3.71. The fourth-order valence-electron chi connectivity index (χ4n) is 3.30. The molecule has 0 saturated carbocycles. The number of hydrogen-bond acceptors (Lipinski definition) is 1. The summed E-state index contributed by atoms with van der Waals surface area (Å²) >= 11 is 3.49. The van der Waals surface area contributed by atoms with Gasteiger partial charge in [-0.1, -0.05) is 28.1 Å². The number of fused-ring (bicyclic) bond motifs is 2. The monoisotopic (exact) mass is 279 g/mol. The molecule has 0 spiro atoms. The van der Waals surface area contributed by atoms with E-state index in [0.29, 0.717) is 0 Å². The van der Waals surface area contributed by atoms with E-state index in [2.05, 4.69) is 45.5 Å². The Morgan fingerprint density at radius 2 is 1.69 bits per heavy atom. The molecule has 1 N–H and O–H groups in total. The van der Waals surface area contributed by atoms with Gasteiger partial charge < -0.3 is 5.32 Å². The molecule has 86 valence electrons. The van der Waals surface area contributed by atoms with E-state index in [1.54, 1.807) is 0 Å². The van der Waals surface area contributed by atoms with Gasteiger partial charge in [-0.3, -0.25) is 0 Å². The molecular formula is C14H18BrN. The van der Waals surface area contributed by atoms with E-state index < -0.39 is 0 Å². The average Bonchev–Trinajstić information content (AvgIpc) is 2.62. The van der Waals surface area contributed by atoms with Crippen LogP contribution in [0.4, 0.5) is 0 Å². The Labute approximate surface area is 106 Å². The van der Waals surface area contributed by atoms with Gasteiger partial charge in [0.15, 0.2) is 0 Å². The van der Waals surface area contributed by atoms with Crippen molar-refractivity contribution in [3.05, 3.63) is 34.3 Å². The predicted octanol–water partition coefficient (Wildman–Crippen LogP) is 3.52. The van der Waals surface area contributed by atoms with Crippen molar-refractivity contribution in [2.45, 2.75) is 44.2 Å². The molecule has 1 aromatic rings. The minimum absolute atomic E-state index is 0.819. The van der Waals surface area contributed by atoms with Crippen molar-refractivity contribution in [1.82, 2.24) is 5.32 Å². The van der Waals surface area contributed by atoms with Crippen LogP contribution in [-0.4, -0.2) is 12.1 Å². The zero-order chi connectivity index (χ0) is 11.0. The first-order valence-electron chi connectivity index (χ1n) is 6.30. The molecule has 3 rings (SSSR count). The molecule has 1 aromatic carbocycles. The number of rotatable bonds is 2. The number of nitrogens with one attached hydrogen (secondary N) is 1. The quantitative estimate of drug-likeness (QED) is 0.874. The number of halogens is 1. The van der Waals surface area contributed by atoms with Crippen LogP contribution in [0.5, 0.6) is 0 Å². The zero-order valence-electron chi connectivity index (χ0n) is 9.45. The largest absolute Gasteiger partial charge is 0.311 e. The fourth-order valence-corrected chi connectivity index (χ4v) is 3.56. The maximum atomic E-state index is 3.71. The van der Waals surface area contributed by atoms with Crippen molar-refractivity contribution in [2.75, 3.05) is 0 Å². The summed E-state index contributed by atoms with van der Waals surface area (Å²) in [6, 6.07) is 10.5. The summed E-state index contributed by atoms with van der Waals surface area (Å²) in [5, 5.41) is 3.71. The smallest absolute Gasteiger partial charge is 0.0175 e. The fraction of sp³-hybridized carbons (Fsp3) is 0.571. The van der Waals surface area contributed by atoms with Gasteiger partial charge in [-0.05, 0) is 55.7 Å².